The van der Waals surface area contributed by atoms with Gasteiger partial charge >= 0.3 is 0 Å². The highest BCUT2D eigenvalue weighted by Crippen LogP contribution is 2.32. The summed E-state index contributed by atoms with van der Waals surface area (Å²) < 4.78 is 69.0. The number of hydrogen-bond acceptors (Lipinski definition) is 8. The lowest BCUT2D eigenvalue weighted by atomic mass is 10.1. The van der Waals surface area contributed by atoms with Gasteiger partial charge in [-0.2, -0.15) is 0 Å². The normalized spacial score (nSPS) is 15.6. The summed E-state index contributed by atoms with van der Waals surface area (Å²) in [5, 5.41) is 0. The number of rotatable bonds is 9. The van der Waals surface area contributed by atoms with E-state index < -0.39 is 26.0 Å². The second-order valence-electron chi connectivity index (χ2n) is 6.90. The summed E-state index contributed by atoms with van der Waals surface area (Å²) in [6.07, 6.45) is 0.209. The first kappa shape index (κ1) is 23.8. The number of carbonyl (C=O) groups is 1. The van der Waals surface area contributed by atoms with Gasteiger partial charge in [-0.25, -0.2) is 25.9 Å². The Balaban J connectivity index is 1.82. The minimum atomic E-state index is -4.07. The molecule has 1 aliphatic heterocycles. The number of amides is 1. The number of nitrogens with one attached hydrogen (secondary N) is 1. The van der Waals surface area contributed by atoms with Crippen LogP contribution in [0.4, 0.5) is 5.69 Å². The molecule has 0 aliphatic carbocycles. The molecule has 0 spiro atoms. The number of hydrogen-bond donors (Lipinski definition) is 1. The van der Waals surface area contributed by atoms with Gasteiger partial charge in [0.05, 0.1) is 32.8 Å². The smallest absolute Gasteiger partial charge is 0.244 e. The van der Waals surface area contributed by atoms with Crippen LogP contribution in [0.5, 0.6) is 17.2 Å². The number of ether oxygens (including phenoxy) is 3. The SMILES string of the molecule is COc1ccc(CCNS(=O)(=O)c2cc(N3C(=O)CCS3(=O)=O)ccc2OC)cc1OC. The first-order valence-corrected chi connectivity index (χ1v) is 12.7. The Labute approximate surface area is 187 Å². The quantitative estimate of drug-likeness (QED) is 0.564. The van der Waals surface area contributed by atoms with E-state index in [1.807, 2.05) is 0 Å². The fourth-order valence-electron chi connectivity index (χ4n) is 3.31. The average molecular weight is 485 g/mol. The summed E-state index contributed by atoms with van der Waals surface area (Å²) in [7, 11) is -3.57. The summed E-state index contributed by atoms with van der Waals surface area (Å²) in [6.45, 7) is 0.0616. The lowest BCUT2D eigenvalue weighted by molar-refractivity contribution is -0.116. The molecule has 10 nitrogen and oxygen atoms in total. The molecule has 1 heterocycles. The summed E-state index contributed by atoms with van der Waals surface area (Å²) in [5.74, 6) is 0.184. The molecule has 0 bridgehead atoms. The topological polar surface area (TPSA) is 128 Å². The van der Waals surface area contributed by atoms with Crippen LogP contribution in [0.15, 0.2) is 41.3 Å². The Morgan fingerprint density at radius 3 is 2.22 bits per heavy atom. The van der Waals surface area contributed by atoms with Gasteiger partial charge < -0.3 is 14.2 Å². The molecule has 1 fully saturated rings. The largest absolute Gasteiger partial charge is 0.495 e. The van der Waals surface area contributed by atoms with Crippen molar-refractivity contribution in [3.63, 3.8) is 0 Å². The molecule has 1 N–H and O–H groups in total. The first-order valence-electron chi connectivity index (χ1n) is 9.57. The Morgan fingerprint density at radius 1 is 0.969 bits per heavy atom. The van der Waals surface area contributed by atoms with Gasteiger partial charge in [0.2, 0.25) is 26.0 Å². The fourth-order valence-corrected chi connectivity index (χ4v) is 5.98. The molecule has 0 unspecified atom stereocenters. The van der Waals surface area contributed by atoms with Crippen molar-refractivity contribution in [2.45, 2.75) is 17.7 Å². The zero-order valence-corrected chi connectivity index (χ0v) is 19.5. The van der Waals surface area contributed by atoms with E-state index in [-0.39, 0.29) is 35.1 Å². The lowest BCUT2D eigenvalue weighted by Gasteiger charge is -2.18. The third kappa shape index (κ3) is 4.81. The van der Waals surface area contributed by atoms with Crippen LogP contribution in [0.3, 0.4) is 0 Å². The van der Waals surface area contributed by atoms with Gasteiger partial charge in [0.1, 0.15) is 10.6 Å². The van der Waals surface area contributed by atoms with E-state index >= 15 is 0 Å². The van der Waals surface area contributed by atoms with Crippen molar-refractivity contribution in [2.24, 2.45) is 0 Å². The molecule has 0 aromatic heterocycles. The monoisotopic (exact) mass is 484 g/mol. The fraction of sp³-hybridized carbons (Fsp3) is 0.350. The third-order valence-electron chi connectivity index (χ3n) is 4.90. The third-order valence-corrected chi connectivity index (χ3v) is 8.08. The number of carbonyl (C=O) groups excluding carboxylic acids is 1. The van der Waals surface area contributed by atoms with Gasteiger partial charge in [-0.3, -0.25) is 4.79 Å². The van der Waals surface area contributed by atoms with Gasteiger partial charge in [-0.05, 0) is 42.3 Å². The predicted molar refractivity (Wildman–Crippen MR) is 117 cm³/mol. The lowest BCUT2D eigenvalue weighted by Crippen LogP contribution is -2.30. The maximum Gasteiger partial charge on any atom is 0.244 e. The first-order chi connectivity index (χ1) is 15.1. The van der Waals surface area contributed by atoms with Crippen molar-refractivity contribution in [2.75, 3.05) is 37.9 Å². The van der Waals surface area contributed by atoms with E-state index in [0.29, 0.717) is 22.2 Å². The summed E-state index contributed by atoms with van der Waals surface area (Å²) in [6, 6.07) is 9.04. The van der Waals surface area contributed by atoms with Crippen LogP contribution in [0, 0.1) is 0 Å². The molecular weight excluding hydrogens is 460 g/mol. The average Bonchev–Trinajstić information content (AvgIpc) is 3.05. The maximum atomic E-state index is 12.9. The van der Waals surface area contributed by atoms with E-state index in [4.69, 9.17) is 14.2 Å². The van der Waals surface area contributed by atoms with Gasteiger partial charge in [0.25, 0.3) is 0 Å². The minimum Gasteiger partial charge on any atom is -0.495 e. The van der Waals surface area contributed by atoms with Crippen LogP contribution in [-0.2, 0) is 31.3 Å². The Bertz CT molecular complexity index is 1230. The zero-order chi connectivity index (χ0) is 23.5. The van der Waals surface area contributed by atoms with Crippen LogP contribution in [0.2, 0.25) is 0 Å². The number of methoxy groups -OCH3 is 3. The van der Waals surface area contributed by atoms with Crippen molar-refractivity contribution in [3.8, 4) is 17.2 Å². The van der Waals surface area contributed by atoms with Gasteiger partial charge in [0, 0.05) is 13.0 Å². The predicted octanol–water partition coefficient (Wildman–Crippen LogP) is 1.30. The Kier molecular flexibility index (Phi) is 6.96. The Hall–Kier alpha value is -2.83. The van der Waals surface area contributed by atoms with Gasteiger partial charge in [-0.15, -0.1) is 0 Å². The molecule has 1 saturated heterocycles. The second kappa shape index (κ2) is 9.35. The van der Waals surface area contributed by atoms with E-state index in [1.54, 1.807) is 18.2 Å². The van der Waals surface area contributed by atoms with E-state index in [2.05, 4.69) is 4.72 Å². The number of nitrogens with zero attached hydrogens (tertiary/aromatic N) is 1. The van der Waals surface area contributed by atoms with Crippen molar-refractivity contribution < 1.29 is 35.8 Å². The van der Waals surface area contributed by atoms with Gasteiger partial charge in [-0.1, -0.05) is 6.07 Å². The van der Waals surface area contributed by atoms with Crippen LogP contribution >= 0.6 is 0 Å². The highest BCUT2D eigenvalue weighted by molar-refractivity contribution is 7.94. The van der Waals surface area contributed by atoms with Gasteiger partial charge in [0.15, 0.2) is 11.5 Å². The zero-order valence-electron chi connectivity index (χ0n) is 17.8. The standard InChI is InChI=1S/C20H24N2O8S2/c1-28-16-6-4-14(12-18(16)30-3)8-10-21-32(26,27)19-13-15(5-7-17(19)29-2)22-20(23)9-11-31(22,24)25/h4-7,12-13,21H,8-11H2,1-3H3. The summed E-state index contributed by atoms with van der Waals surface area (Å²) in [4.78, 5) is 11.8. The number of sulfonamides is 2. The number of benzene rings is 2. The van der Waals surface area contributed by atoms with E-state index in [1.165, 1.54) is 33.5 Å². The van der Waals surface area contributed by atoms with Crippen LogP contribution in [-0.4, -0.2) is 56.4 Å². The highest BCUT2D eigenvalue weighted by Gasteiger charge is 2.37. The second-order valence-corrected chi connectivity index (χ2v) is 10.6. The highest BCUT2D eigenvalue weighted by atomic mass is 32.2. The van der Waals surface area contributed by atoms with Crippen LogP contribution in [0.1, 0.15) is 12.0 Å². The number of anilines is 1. The minimum absolute atomic E-state index is 0.0245. The molecule has 2 aromatic rings. The molecule has 12 heteroatoms. The molecule has 0 radical (unpaired) electrons. The molecule has 32 heavy (non-hydrogen) atoms. The van der Waals surface area contributed by atoms with Crippen molar-refractivity contribution in [3.05, 3.63) is 42.0 Å². The molecule has 174 valence electrons. The van der Waals surface area contributed by atoms with Crippen molar-refractivity contribution in [1.29, 1.82) is 0 Å². The van der Waals surface area contributed by atoms with Crippen LogP contribution in [0.25, 0.3) is 0 Å². The molecule has 0 saturated carbocycles. The molecule has 1 aliphatic rings. The summed E-state index contributed by atoms with van der Waals surface area (Å²) >= 11 is 0. The molecule has 1 amide bonds. The molecule has 0 atom stereocenters. The van der Waals surface area contributed by atoms with E-state index in [9.17, 15) is 21.6 Å². The molecule has 3 rings (SSSR count). The molecule has 2 aromatic carbocycles. The van der Waals surface area contributed by atoms with Crippen LogP contribution < -0.4 is 23.2 Å². The Morgan fingerprint density at radius 2 is 1.62 bits per heavy atom. The van der Waals surface area contributed by atoms with Crippen molar-refractivity contribution in [1.82, 2.24) is 4.72 Å². The summed E-state index contributed by atoms with van der Waals surface area (Å²) in [5.41, 5.74) is 0.772. The van der Waals surface area contributed by atoms with Crippen molar-refractivity contribution >= 4 is 31.6 Å². The molecular formula is C20H24N2O8S2. The van der Waals surface area contributed by atoms with E-state index in [0.717, 1.165) is 11.6 Å². The maximum absolute atomic E-state index is 12.9.